The largest absolute Gasteiger partial charge is 0.459 e. The van der Waals surface area contributed by atoms with Gasteiger partial charge in [-0.3, -0.25) is 9.59 Å². The Morgan fingerprint density at radius 3 is 2.16 bits per heavy atom. The lowest BCUT2D eigenvalue weighted by Gasteiger charge is -2.64. The maximum atomic E-state index is 15.0. The average molecular weight is 825 g/mol. The Labute approximate surface area is 338 Å². The molecule has 4 aliphatic carbocycles. The van der Waals surface area contributed by atoms with Crippen molar-refractivity contribution in [2.24, 2.45) is 39.4 Å². The van der Waals surface area contributed by atoms with Crippen LogP contribution in [0.2, 0.25) is 0 Å². The second kappa shape index (κ2) is 14.3. The SMILES string of the molecule is CC1OC(OC2C(OC3=CC4C(=CCC5C4(C)C(=O)CC4(C)C6C(CC54C)OC(C(O)C(C)(C)O)CC6(C)O)C(C)(C)C3=O)OC(CO)C(O)C2O)C(O)C(O)C1O. The molecule has 9 N–H and O–H groups in total. The summed E-state index contributed by atoms with van der Waals surface area (Å²) in [4.78, 5) is 29.4. The first-order valence-corrected chi connectivity index (χ1v) is 20.6. The summed E-state index contributed by atoms with van der Waals surface area (Å²) in [5, 5.41) is 97.4. The van der Waals surface area contributed by atoms with Gasteiger partial charge in [0.25, 0.3) is 0 Å². The number of rotatable bonds is 7. The fraction of sp³-hybridized carbons (Fsp3) is 0.857. The number of hydrogen-bond acceptors (Lipinski definition) is 16. The summed E-state index contributed by atoms with van der Waals surface area (Å²) in [6.45, 7) is 15.0. The number of carbonyl (C=O) groups is 2. The van der Waals surface area contributed by atoms with Crippen LogP contribution >= 0.6 is 0 Å². The maximum absolute atomic E-state index is 15.0. The quantitative estimate of drug-likeness (QED) is 0.150. The maximum Gasteiger partial charge on any atom is 0.229 e. The van der Waals surface area contributed by atoms with Crippen LogP contribution in [0.5, 0.6) is 0 Å². The lowest BCUT2D eigenvalue weighted by Crippen LogP contribution is -2.65. The molecule has 16 heteroatoms. The number of carbonyl (C=O) groups excluding carboxylic acids is 2. The van der Waals surface area contributed by atoms with E-state index in [0.717, 1.165) is 5.57 Å². The van der Waals surface area contributed by atoms with E-state index in [-0.39, 0.29) is 30.3 Å². The molecule has 0 spiro atoms. The van der Waals surface area contributed by atoms with Gasteiger partial charge >= 0.3 is 0 Å². The third-order valence-electron chi connectivity index (χ3n) is 15.9. The zero-order valence-electron chi connectivity index (χ0n) is 34.8. The van der Waals surface area contributed by atoms with Crippen molar-refractivity contribution >= 4 is 11.6 Å². The molecular weight excluding hydrogens is 760 g/mol. The van der Waals surface area contributed by atoms with E-state index >= 15 is 4.79 Å². The van der Waals surface area contributed by atoms with Crippen LogP contribution in [0.25, 0.3) is 0 Å². The summed E-state index contributed by atoms with van der Waals surface area (Å²) in [5.41, 5.74) is -5.70. The monoisotopic (exact) mass is 824 g/mol. The molecule has 20 atom stereocenters. The van der Waals surface area contributed by atoms with Gasteiger partial charge in [0.1, 0.15) is 48.5 Å². The Bertz CT molecular complexity index is 1700. The fourth-order valence-corrected chi connectivity index (χ4v) is 12.4. The Kier molecular flexibility index (Phi) is 10.9. The third kappa shape index (κ3) is 6.34. The first kappa shape index (κ1) is 44.2. The van der Waals surface area contributed by atoms with E-state index in [2.05, 4.69) is 6.92 Å². The predicted octanol–water partition coefficient (Wildman–Crippen LogP) is -0.238. The number of aliphatic hydroxyl groups is 9. The summed E-state index contributed by atoms with van der Waals surface area (Å²) in [7, 11) is 0. The van der Waals surface area contributed by atoms with E-state index in [1.807, 2.05) is 19.9 Å². The van der Waals surface area contributed by atoms with Crippen molar-refractivity contribution in [1.29, 1.82) is 0 Å². The molecule has 58 heavy (non-hydrogen) atoms. The van der Waals surface area contributed by atoms with E-state index in [1.54, 1.807) is 26.8 Å². The standard InChI is InChI=1S/C42H64O16/c1-17-26(45)28(47)30(49)35(54-17)58-31-29(48)27(46)23(16-43)57-36(31)56-20-12-19-18(37(2,3)33(20)50)10-11-24-39(6)13-21-32(40(39,7)15-25(44)42(19,24)9)41(8,53)14-22(55-21)34(51)38(4,5)52/h10,12,17,19,21-24,26-32,34-36,43,45-49,51-53H,11,13-16H2,1-9H3. The molecule has 328 valence electrons. The third-order valence-corrected chi connectivity index (χ3v) is 15.9. The molecule has 20 unspecified atom stereocenters. The van der Waals surface area contributed by atoms with Gasteiger partial charge in [-0.25, -0.2) is 0 Å². The number of fused-ring (bicyclic) bond motifs is 7. The van der Waals surface area contributed by atoms with Gasteiger partial charge in [0, 0.05) is 30.1 Å². The number of aliphatic hydroxyl groups excluding tert-OH is 7. The second-order valence-corrected chi connectivity index (χ2v) is 20.3. The zero-order valence-corrected chi connectivity index (χ0v) is 34.8. The first-order valence-electron chi connectivity index (χ1n) is 20.6. The van der Waals surface area contributed by atoms with Crippen molar-refractivity contribution in [3.05, 3.63) is 23.5 Å². The molecule has 0 aromatic carbocycles. The predicted molar refractivity (Wildman–Crippen MR) is 201 cm³/mol. The molecule has 3 heterocycles. The number of allylic oxidation sites excluding steroid dienone is 4. The highest BCUT2D eigenvalue weighted by Gasteiger charge is 2.75. The highest BCUT2D eigenvalue weighted by Crippen LogP contribution is 2.75. The zero-order chi connectivity index (χ0) is 43.0. The summed E-state index contributed by atoms with van der Waals surface area (Å²) >= 11 is 0. The lowest BCUT2D eigenvalue weighted by atomic mass is 9.39. The minimum absolute atomic E-state index is 0.0590. The van der Waals surface area contributed by atoms with E-state index in [0.29, 0.717) is 12.8 Å². The van der Waals surface area contributed by atoms with Crippen LogP contribution in [0.15, 0.2) is 23.5 Å². The van der Waals surface area contributed by atoms with Crippen LogP contribution in [0.1, 0.15) is 88.0 Å². The molecule has 3 saturated heterocycles. The first-order chi connectivity index (χ1) is 26.7. The number of Topliss-reactive ketones (excluding diaryl/α,β-unsaturated/α-hetero) is 2. The summed E-state index contributed by atoms with van der Waals surface area (Å²) in [6.07, 6.45) is -13.7. The van der Waals surface area contributed by atoms with Gasteiger partial charge in [0.15, 0.2) is 18.2 Å². The van der Waals surface area contributed by atoms with Crippen molar-refractivity contribution in [3.8, 4) is 0 Å². The molecular formula is C42H64O16. The highest BCUT2D eigenvalue weighted by molar-refractivity contribution is 6.02. The van der Waals surface area contributed by atoms with E-state index < -0.39 is 137 Å². The molecule has 0 aromatic rings. The van der Waals surface area contributed by atoms with Crippen molar-refractivity contribution in [3.63, 3.8) is 0 Å². The molecule has 0 aromatic heterocycles. The Balaban J connectivity index is 1.24. The van der Waals surface area contributed by atoms with E-state index in [1.165, 1.54) is 20.8 Å². The molecule has 7 rings (SSSR count). The van der Waals surface area contributed by atoms with Crippen LogP contribution in [0.3, 0.4) is 0 Å². The normalized spacial score (nSPS) is 52.1. The van der Waals surface area contributed by atoms with Gasteiger partial charge in [-0.05, 0) is 77.2 Å². The number of ether oxygens (including phenoxy) is 5. The van der Waals surface area contributed by atoms with Crippen molar-refractivity contribution in [2.45, 2.75) is 179 Å². The van der Waals surface area contributed by atoms with Crippen molar-refractivity contribution in [2.75, 3.05) is 6.61 Å². The molecule has 7 aliphatic rings. The molecule has 0 radical (unpaired) electrons. The lowest BCUT2D eigenvalue weighted by molar-refractivity contribution is -0.360. The topological polar surface area (TPSA) is 262 Å². The van der Waals surface area contributed by atoms with Gasteiger partial charge in [-0.1, -0.05) is 32.4 Å². The van der Waals surface area contributed by atoms with Crippen LogP contribution in [-0.4, -0.2) is 155 Å². The summed E-state index contributed by atoms with van der Waals surface area (Å²) in [5.74, 6) is -2.16. The molecule has 0 bridgehead atoms. The second-order valence-electron chi connectivity index (χ2n) is 20.3. The molecule has 3 aliphatic heterocycles. The van der Waals surface area contributed by atoms with Crippen molar-refractivity contribution < 1.29 is 79.2 Å². The van der Waals surface area contributed by atoms with Gasteiger partial charge in [0.2, 0.25) is 12.1 Å². The van der Waals surface area contributed by atoms with Crippen LogP contribution in [0.4, 0.5) is 0 Å². The fourth-order valence-electron chi connectivity index (χ4n) is 12.4. The smallest absolute Gasteiger partial charge is 0.229 e. The minimum Gasteiger partial charge on any atom is -0.459 e. The molecule has 2 saturated carbocycles. The van der Waals surface area contributed by atoms with Gasteiger partial charge in [-0.15, -0.1) is 0 Å². The number of hydrogen-bond donors (Lipinski definition) is 9. The van der Waals surface area contributed by atoms with Crippen LogP contribution in [0, 0.1) is 39.4 Å². The van der Waals surface area contributed by atoms with Gasteiger partial charge in [0.05, 0.1) is 41.5 Å². The highest BCUT2D eigenvalue weighted by atomic mass is 16.8. The Morgan fingerprint density at radius 2 is 1.53 bits per heavy atom. The Morgan fingerprint density at radius 1 is 0.879 bits per heavy atom. The minimum atomic E-state index is -1.81. The molecule has 0 amide bonds. The van der Waals surface area contributed by atoms with E-state index in [4.69, 9.17) is 23.7 Å². The summed E-state index contributed by atoms with van der Waals surface area (Å²) < 4.78 is 30.3. The number of ketones is 2. The average Bonchev–Trinajstić information content (AvgIpc) is 3.37. The van der Waals surface area contributed by atoms with Crippen LogP contribution < -0.4 is 0 Å². The summed E-state index contributed by atoms with van der Waals surface area (Å²) in [6, 6.07) is 0. The van der Waals surface area contributed by atoms with Crippen LogP contribution in [-0.2, 0) is 33.3 Å². The van der Waals surface area contributed by atoms with Crippen molar-refractivity contribution in [1.82, 2.24) is 0 Å². The Hall–Kier alpha value is -1.90. The molecule has 5 fully saturated rings. The molecule has 16 nitrogen and oxygen atoms in total. The van der Waals surface area contributed by atoms with Gasteiger partial charge in [-0.2, -0.15) is 0 Å². The van der Waals surface area contributed by atoms with E-state index in [9.17, 15) is 50.8 Å². The van der Waals surface area contributed by atoms with Gasteiger partial charge < -0.3 is 69.6 Å².